The average Bonchev–Trinajstić information content (AvgIpc) is 2.78. The highest BCUT2D eigenvalue weighted by Gasteiger charge is 2.21. The number of amides is 1. The molecular formula is C27H36ClN3O. The van der Waals surface area contributed by atoms with Crippen molar-refractivity contribution in [1.82, 2.24) is 4.90 Å². The second kappa shape index (κ2) is 11.0. The third-order valence-corrected chi connectivity index (χ3v) is 6.83. The lowest BCUT2D eigenvalue weighted by Gasteiger charge is -2.36. The number of anilines is 1. The van der Waals surface area contributed by atoms with Gasteiger partial charge in [0.2, 0.25) is 5.91 Å². The van der Waals surface area contributed by atoms with Crippen molar-refractivity contribution in [2.24, 2.45) is 11.1 Å². The molecule has 1 aliphatic rings. The molecule has 0 aliphatic carbocycles. The zero-order chi connectivity index (χ0) is 23.1. The van der Waals surface area contributed by atoms with Crippen LogP contribution in [0.25, 0.3) is 5.57 Å². The third kappa shape index (κ3) is 7.11. The van der Waals surface area contributed by atoms with Crippen LogP contribution in [0.2, 0.25) is 5.02 Å². The number of allylic oxidation sites excluding steroid dienone is 1. The van der Waals surface area contributed by atoms with E-state index in [1.54, 1.807) is 0 Å². The standard InChI is InChI=1S/C27H36ClN3O/c1-21(22-5-9-24(28)10-6-22)13-15-27(2,3)14-4-16-30-17-19-31(20-18-30)25-11-7-23(8-12-25)26(29)32/h5-12H,1,4,13-20H2,2-3H3,(H2,29,32). The molecule has 2 N–H and O–H groups in total. The summed E-state index contributed by atoms with van der Waals surface area (Å²) in [5.41, 5.74) is 9.74. The Labute approximate surface area is 198 Å². The number of nitrogens with zero attached hydrogens (tertiary/aromatic N) is 2. The van der Waals surface area contributed by atoms with Crippen molar-refractivity contribution in [3.63, 3.8) is 0 Å². The maximum atomic E-state index is 11.2. The minimum absolute atomic E-state index is 0.305. The van der Waals surface area contributed by atoms with Gasteiger partial charge >= 0.3 is 0 Å². The number of carbonyl (C=O) groups is 1. The summed E-state index contributed by atoms with van der Waals surface area (Å²) in [5, 5.41) is 0.767. The highest BCUT2D eigenvalue weighted by Crippen LogP contribution is 2.32. The first-order chi connectivity index (χ1) is 15.2. The van der Waals surface area contributed by atoms with Gasteiger partial charge in [0.1, 0.15) is 0 Å². The van der Waals surface area contributed by atoms with Gasteiger partial charge in [-0.3, -0.25) is 9.69 Å². The van der Waals surface area contributed by atoms with Crippen LogP contribution in [0.15, 0.2) is 55.1 Å². The summed E-state index contributed by atoms with van der Waals surface area (Å²) in [6.07, 6.45) is 4.59. The van der Waals surface area contributed by atoms with Crippen molar-refractivity contribution in [3.05, 3.63) is 71.3 Å². The summed E-state index contributed by atoms with van der Waals surface area (Å²) in [6, 6.07) is 15.6. The molecular weight excluding hydrogens is 418 g/mol. The lowest BCUT2D eigenvalue weighted by molar-refractivity contribution is 0.100. The minimum atomic E-state index is -0.376. The fraction of sp³-hybridized carbons (Fsp3) is 0.444. The zero-order valence-corrected chi connectivity index (χ0v) is 20.2. The van der Waals surface area contributed by atoms with Crippen molar-refractivity contribution in [2.75, 3.05) is 37.6 Å². The van der Waals surface area contributed by atoms with Gasteiger partial charge < -0.3 is 10.6 Å². The number of rotatable bonds is 10. The van der Waals surface area contributed by atoms with Crippen LogP contribution in [0.1, 0.15) is 55.5 Å². The molecule has 0 atom stereocenters. The lowest BCUT2D eigenvalue weighted by Crippen LogP contribution is -2.46. The molecule has 0 spiro atoms. The van der Waals surface area contributed by atoms with Crippen LogP contribution in [0.4, 0.5) is 5.69 Å². The Morgan fingerprint density at radius 2 is 1.56 bits per heavy atom. The summed E-state index contributed by atoms with van der Waals surface area (Å²) in [7, 11) is 0. The SMILES string of the molecule is C=C(CCC(C)(C)CCCN1CCN(c2ccc(C(N)=O)cc2)CC1)c1ccc(Cl)cc1. The van der Waals surface area contributed by atoms with Crippen molar-refractivity contribution in [3.8, 4) is 0 Å². The molecule has 5 heteroatoms. The molecule has 2 aromatic carbocycles. The van der Waals surface area contributed by atoms with Gasteiger partial charge in [-0.15, -0.1) is 0 Å². The van der Waals surface area contributed by atoms with Gasteiger partial charge in [-0.2, -0.15) is 0 Å². The largest absolute Gasteiger partial charge is 0.369 e. The molecule has 0 bridgehead atoms. The van der Waals surface area contributed by atoms with Gasteiger partial charge in [0, 0.05) is 42.5 Å². The zero-order valence-electron chi connectivity index (χ0n) is 19.4. The molecule has 1 fully saturated rings. The molecule has 32 heavy (non-hydrogen) atoms. The first-order valence-electron chi connectivity index (χ1n) is 11.5. The van der Waals surface area contributed by atoms with E-state index in [1.807, 2.05) is 36.4 Å². The number of benzene rings is 2. The third-order valence-electron chi connectivity index (χ3n) is 6.57. The lowest BCUT2D eigenvalue weighted by atomic mass is 9.81. The first kappa shape index (κ1) is 24.3. The molecule has 4 nitrogen and oxygen atoms in total. The summed E-state index contributed by atoms with van der Waals surface area (Å²) in [5.74, 6) is -0.376. The maximum Gasteiger partial charge on any atom is 0.248 e. The predicted molar refractivity (Wildman–Crippen MR) is 136 cm³/mol. The normalized spacial score (nSPS) is 15.0. The van der Waals surface area contributed by atoms with E-state index in [0.29, 0.717) is 11.0 Å². The summed E-state index contributed by atoms with van der Waals surface area (Å²) >= 11 is 5.99. The van der Waals surface area contributed by atoms with Gasteiger partial charge in [0.25, 0.3) is 0 Å². The summed E-state index contributed by atoms with van der Waals surface area (Å²) in [6.45, 7) is 14.3. The first-order valence-corrected chi connectivity index (χ1v) is 11.9. The highest BCUT2D eigenvalue weighted by atomic mass is 35.5. The van der Waals surface area contributed by atoms with Crippen molar-refractivity contribution < 1.29 is 4.79 Å². The van der Waals surface area contributed by atoms with E-state index in [4.69, 9.17) is 17.3 Å². The van der Waals surface area contributed by atoms with E-state index in [1.165, 1.54) is 24.0 Å². The molecule has 0 aromatic heterocycles. The van der Waals surface area contributed by atoms with Crippen LogP contribution < -0.4 is 10.6 Å². The minimum Gasteiger partial charge on any atom is -0.369 e. The molecule has 172 valence electrons. The van der Waals surface area contributed by atoms with Crippen molar-refractivity contribution in [1.29, 1.82) is 0 Å². The Hall–Kier alpha value is -2.30. The summed E-state index contributed by atoms with van der Waals surface area (Å²) in [4.78, 5) is 16.2. The Morgan fingerprint density at radius 1 is 0.969 bits per heavy atom. The molecule has 1 amide bonds. The van der Waals surface area contributed by atoms with Crippen molar-refractivity contribution in [2.45, 2.75) is 39.5 Å². The Bertz CT molecular complexity index is 898. The second-order valence-electron chi connectivity index (χ2n) is 9.62. The highest BCUT2D eigenvalue weighted by molar-refractivity contribution is 6.30. The van der Waals surface area contributed by atoms with Crippen LogP contribution in [-0.4, -0.2) is 43.5 Å². The Kier molecular flexibility index (Phi) is 8.38. The van der Waals surface area contributed by atoms with E-state index in [2.05, 4.69) is 42.4 Å². The van der Waals surface area contributed by atoms with Crippen LogP contribution in [0.5, 0.6) is 0 Å². The van der Waals surface area contributed by atoms with E-state index in [9.17, 15) is 4.79 Å². The Morgan fingerprint density at radius 3 is 2.16 bits per heavy atom. The smallest absolute Gasteiger partial charge is 0.248 e. The van der Waals surface area contributed by atoms with Gasteiger partial charge in [-0.05, 0) is 85.2 Å². The quantitative estimate of drug-likeness (QED) is 0.490. The number of carbonyl (C=O) groups excluding carboxylic acids is 1. The van der Waals surface area contributed by atoms with Crippen molar-refractivity contribution >= 4 is 28.8 Å². The van der Waals surface area contributed by atoms with E-state index in [0.717, 1.165) is 56.3 Å². The number of piperazine rings is 1. The molecule has 0 saturated carbocycles. The van der Waals surface area contributed by atoms with Crippen LogP contribution in [-0.2, 0) is 0 Å². The average molecular weight is 454 g/mol. The van der Waals surface area contributed by atoms with Crippen LogP contribution in [0, 0.1) is 5.41 Å². The fourth-order valence-electron chi connectivity index (χ4n) is 4.29. The maximum absolute atomic E-state index is 11.2. The van der Waals surface area contributed by atoms with Gasteiger partial charge in [0.05, 0.1) is 0 Å². The molecule has 1 heterocycles. The van der Waals surface area contributed by atoms with Gasteiger partial charge in [0.15, 0.2) is 0 Å². The monoisotopic (exact) mass is 453 g/mol. The van der Waals surface area contributed by atoms with Gasteiger partial charge in [-0.1, -0.05) is 44.2 Å². The number of primary amides is 1. The number of nitrogens with two attached hydrogens (primary N) is 1. The van der Waals surface area contributed by atoms with Crippen LogP contribution in [0.3, 0.4) is 0 Å². The van der Waals surface area contributed by atoms with E-state index in [-0.39, 0.29) is 5.91 Å². The molecule has 1 aliphatic heterocycles. The fourth-order valence-corrected chi connectivity index (χ4v) is 4.42. The predicted octanol–water partition coefficient (Wildman–Crippen LogP) is 5.86. The second-order valence-corrected chi connectivity index (χ2v) is 10.1. The number of halogens is 1. The van der Waals surface area contributed by atoms with Crippen LogP contribution >= 0.6 is 11.6 Å². The van der Waals surface area contributed by atoms with E-state index < -0.39 is 0 Å². The molecule has 0 radical (unpaired) electrons. The number of hydrogen-bond acceptors (Lipinski definition) is 3. The molecule has 1 saturated heterocycles. The van der Waals surface area contributed by atoms with E-state index >= 15 is 0 Å². The molecule has 2 aromatic rings. The number of hydrogen-bond donors (Lipinski definition) is 1. The molecule has 3 rings (SSSR count). The van der Waals surface area contributed by atoms with Gasteiger partial charge in [-0.25, -0.2) is 0 Å². The summed E-state index contributed by atoms with van der Waals surface area (Å²) < 4.78 is 0. The molecule has 0 unspecified atom stereocenters. The Balaban J connectivity index is 1.36. The topological polar surface area (TPSA) is 49.6 Å².